The van der Waals surface area contributed by atoms with Gasteiger partial charge in [0.05, 0.1) is 42.2 Å². The van der Waals surface area contributed by atoms with E-state index < -0.39 is 0 Å². The highest BCUT2D eigenvalue weighted by Crippen LogP contribution is 2.30. The van der Waals surface area contributed by atoms with Gasteiger partial charge in [0, 0.05) is 6.08 Å². The monoisotopic (exact) mass is 391 g/mol. The van der Waals surface area contributed by atoms with Crippen LogP contribution in [0.1, 0.15) is 38.1 Å². The van der Waals surface area contributed by atoms with Gasteiger partial charge >= 0.3 is 0 Å². The van der Waals surface area contributed by atoms with Gasteiger partial charge in [0.2, 0.25) is 5.91 Å². The second-order valence-corrected chi connectivity index (χ2v) is 6.42. The van der Waals surface area contributed by atoms with E-state index in [0.29, 0.717) is 30.4 Å². The number of aromatic nitrogens is 2. The van der Waals surface area contributed by atoms with E-state index >= 15 is 0 Å². The van der Waals surface area contributed by atoms with Gasteiger partial charge in [-0.15, -0.1) is 0 Å². The summed E-state index contributed by atoms with van der Waals surface area (Å²) in [5, 5.41) is 2.95. The lowest BCUT2D eigenvalue weighted by atomic mass is 10.1. The molecule has 0 aliphatic carbocycles. The van der Waals surface area contributed by atoms with E-state index in [1.165, 1.54) is 6.08 Å². The van der Waals surface area contributed by atoms with E-state index in [4.69, 9.17) is 9.47 Å². The van der Waals surface area contributed by atoms with E-state index in [1.54, 1.807) is 12.3 Å². The fraction of sp³-hybridized carbons (Fsp3) is 0.261. The summed E-state index contributed by atoms with van der Waals surface area (Å²) >= 11 is 0. The van der Waals surface area contributed by atoms with Crippen molar-refractivity contribution in [1.82, 2.24) is 15.3 Å². The van der Waals surface area contributed by atoms with Crippen LogP contribution in [-0.2, 0) is 4.79 Å². The molecule has 0 aliphatic rings. The van der Waals surface area contributed by atoms with Crippen molar-refractivity contribution in [3.8, 4) is 11.5 Å². The molecule has 2 aromatic carbocycles. The van der Waals surface area contributed by atoms with Crippen molar-refractivity contribution >= 4 is 23.0 Å². The number of carbonyl (C=O) groups is 1. The van der Waals surface area contributed by atoms with Gasteiger partial charge in [0.25, 0.3) is 0 Å². The van der Waals surface area contributed by atoms with E-state index in [9.17, 15) is 4.79 Å². The molecule has 1 amide bonds. The Balaban J connectivity index is 1.67. The highest BCUT2D eigenvalue weighted by molar-refractivity contribution is 5.92. The summed E-state index contributed by atoms with van der Waals surface area (Å²) in [4.78, 5) is 21.2. The molecule has 0 radical (unpaired) electrons. The topological polar surface area (TPSA) is 73.3 Å². The van der Waals surface area contributed by atoms with E-state index in [0.717, 1.165) is 16.6 Å². The van der Waals surface area contributed by atoms with Gasteiger partial charge < -0.3 is 14.8 Å². The van der Waals surface area contributed by atoms with E-state index in [1.807, 2.05) is 63.2 Å². The van der Waals surface area contributed by atoms with Gasteiger partial charge in [-0.1, -0.05) is 18.2 Å². The van der Waals surface area contributed by atoms with Crippen molar-refractivity contribution in [1.29, 1.82) is 0 Å². The SMILES string of the molecule is CCOc1ccc(C(C)NC(=O)C=Cc2cnc3ccccc3n2)cc1OCC. The Morgan fingerprint density at radius 1 is 1.07 bits per heavy atom. The Hall–Kier alpha value is -3.41. The molecule has 3 aromatic rings. The summed E-state index contributed by atoms with van der Waals surface area (Å²) in [7, 11) is 0. The number of hydrogen-bond acceptors (Lipinski definition) is 5. The maximum atomic E-state index is 12.3. The predicted molar refractivity (Wildman–Crippen MR) is 114 cm³/mol. The molecule has 150 valence electrons. The number of benzene rings is 2. The lowest BCUT2D eigenvalue weighted by Crippen LogP contribution is -2.24. The molecule has 0 aliphatic heterocycles. The first-order chi connectivity index (χ1) is 14.1. The number of ether oxygens (including phenoxy) is 2. The first-order valence-electron chi connectivity index (χ1n) is 9.70. The van der Waals surface area contributed by atoms with Gasteiger partial charge in [-0.3, -0.25) is 9.78 Å². The standard InChI is InChI=1S/C23H25N3O3/c1-4-28-21-12-10-17(14-22(21)29-5-2)16(3)25-23(27)13-11-18-15-24-19-8-6-7-9-20(19)26-18/h6-16H,4-5H2,1-3H3,(H,25,27). The normalized spacial score (nSPS) is 12.1. The zero-order chi connectivity index (χ0) is 20.6. The summed E-state index contributed by atoms with van der Waals surface area (Å²) < 4.78 is 11.2. The molecule has 0 saturated heterocycles. The number of para-hydroxylation sites is 2. The molecule has 6 heteroatoms. The van der Waals surface area contributed by atoms with Gasteiger partial charge in [-0.05, 0) is 56.7 Å². The third-order valence-corrected chi connectivity index (χ3v) is 4.30. The van der Waals surface area contributed by atoms with Crippen molar-refractivity contribution in [2.75, 3.05) is 13.2 Å². The molecule has 1 aromatic heterocycles. The number of hydrogen-bond donors (Lipinski definition) is 1. The van der Waals surface area contributed by atoms with Gasteiger partial charge in [0.15, 0.2) is 11.5 Å². The van der Waals surface area contributed by atoms with Crippen LogP contribution in [0.3, 0.4) is 0 Å². The first-order valence-corrected chi connectivity index (χ1v) is 9.70. The largest absolute Gasteiger partial charge is 0.490 e. The molecule has 1 atom stereocenters. The van der Waals surface area contributed by atoms with Crippen molar-refractivity contribution < 1.29 is 14.3 Å². The van der Waals surface area contributed by atoms with Crippen molar-refractivity contribution in [3.05, 3.63) is 66.0 Å². The van der Waals surface area contributed by atoms with Crippen LogP contribution in [0.15, 0.2) is 54.7 Å². The summed E-state index contributed by atoms with van der Waals surface area (Å²) in [6.07, 6.45) is 4.77. The first kappa shape index (κ1) is 20.3. The quantitative estimate of drug-likeness (QED) is 0.579. The zero-order valence-electron chi connectivity index (χ0n) is 16.9. The molecule has 1 N–H and O–H groups in total. The van der Waals surface area contributed by atoms with Crippen LogP contribution in [-0.4, -0.2) is 29.1 Å². The smallest absolute Gasteiger partial charge is 0.244 e. The second kappa shape index (κ2) is 9.68. The summed E-state index contributed by atoms with van der Waals surface area (Å²) in [5.74, 6) is 1.17. The van der Waals surface area contributed by atoms with E-state index in [-0.39, 0.29) is 11.9 Å². The van der Waals surface area contributed by atoms with Crippen LogP contribution in [0.25, 0.3) is 17.1 Å². The molecule has 3 rings (SSSR count). The molecule has 0 saturated carbocycles. The molecule has 1 heterocycles. The van der Waals surface area contributed by atoms with Crippen molar-refractivity contribution in [3.63, 3.8) is 0 Å². The third kappa shape index (κ3) is 5.31. The Kier molecular flexibility index (Phi) is 6.79. The fourth-order valence-corrected chi connectivity index (χ4v) is 2.89. The Labute approximate surface area is 170 Å². The number of rotatable bonds is 8. The van der Waals surface area contributed by atoms with Gasteiger partial charge in [0.1, 0.15) is 0 Å². The fourth-order valence-electron chi connectivity index (χ4n) is 2.89. The van der Waals surface area contributed by atoms with Crippen LogP contribution < -0.4 is 14.8 Å². The summed E-state index contributed by atoms with van der Waals surface area (Å²) in [6, 6.07) is 13.1. The number of carbonyl (C=O) groups excluding carboxylic acids is 1. The molecule has 1 unspecified atom stereocenters. The highest BCUT2D eigenvalue weighted by Gasteiger charge is 2.12. The minimum atomic E-state index is -0.209. The number of amides is 1. The Morgan fingerprint density at radius 3 is 2.55 bits per heavy atom. The molecular weight excluding hydrogens is 366 g/mol. The molecule has 6 nitrogen and oxygen atoms in total. The lowest BCUT2D eigenvalue weighted by molar-refractivity contribution is -0.117. The van der Waals surface area contributed by atoms with Crippen LogP contribution in [0.4, 0.5) is 0 Å². The van der Waals surface area contributed by atoms with E-state index in [2.05, 4.69) is 15.3 Å². The average Bonchev–Trinajstić information content (AvgIpc) is 2.73. The minimum absolute atomic E-state index is 0.190. The summed E-state index contributed by atoms with van der Waals surface area (Å²) in [5.41, 5.74) is 3.18. The lowest BCUT2D eigenvalue weighted by Gasteiger charge is -2.17. The molecule has 29 heavy (non-hydrogen) atoms. The molecule has 0 fully saturated rings. The van der Waals surface area contributed by atoms with Crippen LogP contribution in [0.2, 0.25) is 0 Å². The number of fused-ring (bicyclic) bond motifs is 1. The maximum Gasteiger partial charge on any atom is 0.244 e. The minimum Gasteiger partial charge on any atom is -0.490 e. The number of nitrogens with one attached hydrogen (secondary N) is 1. The van der Waals surface area contributed by atoms with Crippen LogP contribution in [0, 0.1) is 0 Å². The number of nitrogens with zero attached hydrogens (tertiary/aromatic N) is 2. The average molecular weight is 391 g/mol. The highest BCUT2D eigenvalue weighted by atomic mass is 16.5. The molecule has 0 spiro atoms. The molecular formula is C23H25N3O3. The van der Waals surface area contributed by atoms with Crippen molar-refractivity contribution in [2.24, 2.45) is 0 Å². The Bertz CT molecular complexity index is 1020. The summed E-state index contributed by atoms with van der Waals surface area (Å²) in [6.45, 7) is 6.88. The Morgan fingerprint density at radius 2 is 1.79 bits per heavy atom. The predicted octanol–water partition coefficient (Wildman–Crippen LogP) is 4.32. The second-order valence-electron chi connectivity index (χ2n) is 6.42. The van der Waals surface area contributed by atoms with Crippen LogP contribution in [0.5, 0.6) is 11.5 Å². The molecule has 0 bridgehead atoms. The maximum absolute atomic E-state index is 12.3. The van der Waals surface area contributed by atoms with Gasteiger partial charge in [-0.2, -0.15) is 0 Å². The van der Waals surface area contributed by atoms with Crippen molar-refractivity contribution in [2.45, 2.75) is 26.8 Å². The third-order valence-electron chi connectivity index (χ3n) is 4.30. The van der Waals surface area contributed by atoms with Gasteiger partial charge in [-0.25, -0.2) is 4.98 Å². The zero-order valence-corrected chi connectivity index (χ0v) is 16.9. The van der Waals surface area contributed by atoms with Crippen LogP contribution >= 0.6 is 0 Å².